The minimum Gasteiger partial charge on any atom is -0.490 e. The summed E-state index contributed by atoms with van der Waals surface area (Å²) < 4.78 is 34.4. The highest BCUT2D eigenvalue weighted by atomic mass is 32.1. The zero-order chi connectivity index (χ0) is 19.6. The molecule has 0 saturated heterocycles. The van der Waals surface area contributed by atoms with Gasteiger partial charge in [-0.05, 0) is 43.2 Å². The molecule has 1 aromatic carbocycles. The van der Waals surface area contributed by atoms with Crippen molar-refractivity contribution in [2.45, 2.75) is 77.6 Å². The minimum absolute atomic E-state index is 0.0141. The van der Waals surface area contributed by atoms with Crippen LogP contribution in [0.5, 0.6) is 5.75 Å². The van der Waals surface area contributed by atoms with Crippen LogP contribution in [0.15, 0.2) is 17.6 Å². The highest BCUT2D eigenvalue weighted by molar-refractivity contribution is 7.09. The third kappa shape index (κ3) is 6.23. The Hall–Kier alpha value is -1.56. The van der Waals surface area contributed by atoms with E-state index in [9.17, 15) is 8.78 Å². The van der Waals surface area contributed by atoms with Gasteiger partial charge >= 0.3 is 0 Å². The number of aromatic nitrogens is 2. The van der Waals surface area contributed by atoms with Crippen molar-refractivity contribution in [1.29, 1.82) is 0 Å². The number of rotatable bonds is 12. The van der Waals surface area contributed by atoms with E-state index in [2.05, 4.69) is 24.0 Å². The lowest BCUT2D eigenvalue weighted by Gasteiger charge is -2.18. The van der Waals surface area contributed by atoms with Crippen LogP contribution in [0, 0.1) is 11.6 Å². The molecule has 0 radical (unpaired) electrons. The third-order valence-electron chi connectivity index (χ3n) is 5.03. The highest BCUT2D eigenvalue weighted by Crippen LogP contribution is 2.33. The molecule has 1 heterocycles. The summed E-state index contributed by atoms with van der Waals surface area (Å²) in [4.78, 5) is 0. The van der Waals surface area contributed by atoms with Crippen LogP contribution in [0.2, 0.25) is 0 Å². The predicted molar refractivity (Wildman–Crippen MR) is 107 cm³/mol. The Morgan fingerprint density at radius 1 is 1.07 bits per heavy atom. The number of hydrogen-bond acceptors (Lipinski definition) is 4. The lowest BCUT2D eigenvalue weighted by atomic mass is 9.90. The van der Waals surface area contributed by atoms with E-state index in [1.54, 1.807) is 29.0 Å². The van der Waals surface area contributed by atoms with Gasteiger partial charge in [-0.3, -0.25) is 0 Å². The standard InChI is InChI=1S/C21H30F2N2OS/c1-4-6-7-8-13-26-18-12-11-17(19(22)20(18)23)15(3)9-10-16(5-2)21-25-24-14-27-21/h11-12,14-16H,4-10,13H2,1-3H3. The molecule has 0 bridgehead atoms. The van der Waals surface area contributed by atoms with E-state index >= 15 is 0 Å². The van der Waals surface area contributed by atoms with E-state index in [1.807, 2.05) is 6.92 Å². The summed E-state index contributed by atoms with van der Waals surface area (Å²) in [6, 6.07) is 3.22. The fourth-order valence-corrected chi connectivity index (χ4v) is 3.99. The van der Waals surface area contributed by atoms with E-state index in [4.69, 9.17) is 4.74 Å². The summed E-state index contributed by atoms with van der Waals surface area (Å²) in [5.41, 5.74) is 2.15. The first-order chi connectivity index (χ1) is 13.1. The second-order valence-corrected chi connectivity index (χ2v) is 7.92. The van der Waals surface area contributed by atoms with E-state index in [0.717, 1.165) is 50.0 Å². The van der Waals surface area contributed by atoms with E-state index in [-0.39, 0.29) is 11.7 Å². The molecule has 1 aromatic heterocycles. The summed E-state index contributed by atoms with van der Waals surface area (Å²) >= 11 is 1.55. The maximum Gasteiger partial charge on any atom is 0.200 e. The average molecular weight is 397 g/mol. The molecule has 0 spiro atoms. The van der Waals surface area contributed by atoms with Crippen molar-refractivity contribution in [1.82, 2.24) is 10.2 Å². The van der Waals surface area contributed by atoms with Gasteiger partial charge in [-0.1, -0.05) is 46.1 Å². The molecule has 2 unspecified atom stereocenters. The van der Waals surface area contributed by atoms with Crippen LogP contribution in [0.4, 0.5) is 8.78 Å². The summed E-state index contributed by atoms with van der Waals surface area (Å²) in [6.07, 6.45) is 6.78. The molecule has 0 saturated carbocycles. The van der Waals surface area contributed by atoms with Crippen LogP contribution in [0.3, 0.4) is 0 Å². The normalized spacial score (nSPS) is 13.5. The van der Waals surface area contributed by atoms with Crippen LogP contribution >= 0.6 is 11.3 Å². The van der Waals surface area contributed by atoms with Gasteiger partial charge in [0, 0.05) is 5.92 Å². The van der Waals surface area contributed by atoms with Crippen LogP contribution in [0.25, 0.3) is 0 Å². The Labute approximate surface area is 165 Å². The molecule has 3 nitrogen and oxygen atoms in total. The van der Waals surface area contributed by atoms with Crippen molar-refractivity contribution in [2.75, 3.05) is 6.61 Å². The molecule has 0 amide bonds. The summed E-state index contributed by atoms with van der Waals surface area (Å²) in [6.45, 7) is 6.61. The van der Waals surface area contributed by atoms with Gasteiger partial charge in [-0.25, -0.2) is 4.39 Å². The van der Waals surface area contributed by atoms with Crippen LogP contribution in [0.1, 0.15) is 88.1 Å². The second-order valence-electron chi connectivity index (χ2n) is 7.05. The van der Waals surface area contributed by atoms with Gasteiger partial charge in [0.15, 0.2) is 11.6 Å². The Kier molecular flexibility index (Phi) is 9.11. The minimum atomic E-state index is -0.869. The lowest BCUT2D eigenvalue weighted by Crippen LogP contribution is -2.06. The quantitative estimate of drug-likeness (QED) is 0.368. The van der Waals surface area contributed by atoms with Crippen molar-refractivity contribution in [2.24, 2.45) is 0 Å². The summed E-state index contributed by atoms with van der Waals surface area (Å²) in [5, 5.41) is 9.06. The average Bonchev–Trinajstić information content (AvgIpc) is 3.20. The van der Waals surface area contributed by atoms with E-state index in [0.29, 0.717) is 18.1 Å². The monoisotopic (exact) mass is 396 g/mol. The number of nitrogens with zero attached hydrogens (tertiary/aromatic N) is 2. The van der Waals surface area contributed by atoms with Crippen molar-refractivity contribution in [3.05, 3.63) is 39.8 Å². The SMILES string of the molecule is CCCCCCOc1ccc(C(C)CCC(CC)c2nncs2)c(F)c1F. The topological polar surface area (TPSA) is 35.0 Å². The Balaban J connectivity index is 1.93. The number of unbranched alkanes of at least 4 members (excludes halogenated alkanes) is 3. The number of hydrogen-bond donors (Lipinski definition) is 0. The smallest absolute Gasteiger partial charge is 0.200 e. The fraction of sp³-hybridized carbons (Fsp3) is 0.619. The molecule has 27 heavy (non-hydrogen) atoms. The molecule has 150 valence electrons. The third-order valence-corrected chi connectivity index (χ3v) is 5.89. The molecular weight excluding hydrogens is 366 g/mol. The molecule has 0 N–H and O–H groups in total. The zero-order valence-electron chi connectivity index (χ0n) is 16.5. The molecule has 0 fully saturated rings. The molecule has 0 aliphatic heterocycles. The first-order valence-corrected chi connectivity index (χ1v) is 10.8. The molecule has 0 aliphatic rings. The predicted octanol–water partition coefficient (Wildman–Crippen LogP) is 6.85. The van der Waals surface area contributed by atoms with Crippen molar-refractivity contribution >= 4 is 11.3 Å². The van der Waals surface area contributed by atoms with Gasteiger partial charge in [0.05, 0.1) is 6.61 Å². The highest BCUT2D eigenvalue weighted by Gasteiger charge is 2.21. The van der Waals surface area contributed by atoms with Gasteiger partial charge in [-0.15, -0.1) is 21.5 Å². The Bertz CT molecular complexity index is 679. The van der Waals surface area contributed by atoms with Crippen molar-refractivity contribution < 1.29 is 13.5 Å². The molecule has 2 aromatic rings. The molecule has 0 aliphatic carbocycles. The van der Waals surface area contributed by atoms with E-state index in [1.165, 1.54) is 0 Å². The van der Waals surface area contributed by atoms with Crippen LogP contribution in [-0.2, 0) is 0 Å². The molecule has 6 heteroatoms. The van der Waals surface area contributed by atoms with Crippen molar-refractivity contribution in [3.8, 4) is 5.75 Å². The number of halogens is 2. The zero-order valence-corrected chi connectivity index (χ0v) is 17.3. The Morgan fingerprint density at radius 2 is 1.89 bits per heavy atom. The van der Waals surface area contributed by atoms with Gasteiger partial charge in [0.25, 0.3) is 0 Å². The van der Waals surface area contributed by atoms with Gasteiger partial charge < -0.3 is 4.74 Å². The molecule has 2 atom stereocenters. The van der Waals surface area contributed by atoms with Crippen LogP contribution in [-0.4, -0.2) is 16.8 Å². The maximum atomic E-state index is 14.5. The summed E-state index contributed by atoms with van der Waals surface area (Å²) in [5.74, 6) is -1.39. The van der Waals surface area contributed by atoms with Gasteiger partial charge in [-0.2, -0.15) is 4.39 Å². The van der Waals surface area contributed by atoms with E-state index < -0.39 is 11.6 Å². The second kappa shape index (κ2) is 11.3. The molecule has 2 rings (SSSR count). The van der Waals surface area contributed by atoms with Gasteiger partial charge in [0.2, 0.25) is 5.82 Å². The number of benzene rings is 1. The largest absolute Gasteiger partial charge is 0.490 e. The molecular formula is C21H30F2N2OS. The lowest BCUT2D eigenvalue weighted by molar-refractivity contribution is 0.284. The Morgan fingerprint density at radius 3 is 2.56 bits per heavy atom. The maximum absolute atomic E-state index is 14.5. The van der Waals surface area contributed by atoms with Crippen LogP contribution < -0.4 is 4.74 Å². The first kappa shape index (κ1) is 21.7. The fourth-order valence-electron chi connectivity index (χ4n) is 3.22. The summed E-state index contributed by atoms with van der Waals surface area (Å²) in [7, 11) is 0. The first-order valence-electron chi connectivity index (χ1n) is 9.95. The van der Waals surface area contributed by atoms with Gasteiger partial charge in [0.1, 0.15) is 10.5 Å². The number of ether oxygens (including phenoxy) is 1. The van der Waals surface area contributed by atoms with Crippen molar-refractivity contribution in [3.63, 3.8) is 0 Å².